The maximum absolute atomic E-state index is 12.3. The van der Waals surface area contributed by atoms with Gasteiger partial charge in [0.15, 0.2) is 9.84 Å². The molecule has 1 N–H and O–H groups in total. The van der Waals surface area contributed by atoms with Gasteiger partial charge in [-0.2, -0.15) is 0 Å². The van der Waals surface area contributed by atoms with E-state index in [0.717, 1.165) is 0 Å². The van der Waals surface area contributed by atoms with Crippen LogP contribution in [0.15, 0.2) is 27.6 Å². The minimum Gasteiger partial charge on any atom is -0.343 e. The van der Waals surface area contributed by atoms with E-state index in [4.69, 9.17) is 0 Å². The van der Waals surface area contributed by atoms with Gasteiger partial charge in [0.2, 0.25) is 11.8 Å². The molecule has 2 rings (SSSR count). The van der Waals surface area contributed by atoms with Crippen molar-refractivity contribution in [3.05, 3.63) is 33.2 Å². The standard InChI is InChI=1S/C14H18BrN3O5S/c1-10(14(21)17-4-6-24(22,23)7-5-17)16-12(19)9-18-8-11(15)2-3-13(18)20/h2-3,8,10H,4-7,9H2,1H3,(H,16,19). The zero-order chi connectivity index (χ0) is 17.9. The van der Waals surface area contributed by atoms with E-state index >= 15 is 0 Å². The summed E-state index contributed by atoms with van der Waals surface area (Å²) in [5.74, 6) is -0.930. The molecule has 1 aromatic rings. The van der Waals surface area contributed by atoms with E-state index in [9.17, 15) is 22.8 Å². The summed E-state index contributed by atoms with van der Waals surface area (Å²) in [6.07, 6.45) is 1.49. The van der Waals surface area contributed by atoms with Gasteiger partial charge in [-0.3, -0.25) is 14.4 Å². The highest BCUT2D eigenvalue weighted by atomic mass is 79.9. The second-order valence-corrected chi connectivity index (χ2v) is 8.80. The van der Waals surface area contributed by atoms with Gasteiger partial charge >= 0.3 is 0 Å². The highest BCUT2D eigenvalue weighted by molar-refractivity contribution is 9.10. The Kier molecular flexibility index (Phi) is 5.81. The van der Waals surface area contributed by atoms with Crippen molar-refractivity contribution in [1.82, 2.24) is 14.8 Å². The Morgan fingerprint density at radius 2 is 1.92 bits per heavy atom. The van der Waals surface area contributed by atoms with Crippen LogP contribution in [0.1, 0.15) is 6.92 Å². The Bertz CT molecular complexity index is 791. The summed E-state index contributed by atoms with van der Waals surface area (Å²) in [6.45, 7) is 1.59. The van der Waals surface area contributed by atoms with Gasteiger partial charge in [0.05, 0.1) is 11.5 Å². The normalized spacial score (nSPS) is 18.0. The van der Waals surface area contributed by atoms with E-state index in [-0.39, 0.29) is 42.6 Å². The number of carbonyl (C=O) groups excluding carboxylic acids is 2. The van der Waals surface area contributed by atoms with Crippen LogP contribution in [0.5, 0.6) is 0 Å². The molecule has 0 radical (unpaired) electrons. The lowest BCUT2D eigenvalue weighted by Crippen LogP contribution is -2.52. The third-order valence-corrected chi connectivity index (χ3v) is 5.74. The second-order valence-electron chi connectivity index (χ2n) is 5.58. The Labute approximate surface area is 147 Å². The van der Waals surface area contributed by atoms with Gasteiger partial charge in [-0.1, -0.05) is 0 Å². The summed E-state index contributed by atoms with van der Waals surface area (Å²) in [5.41, 5.74) is -0.325. The maximum Gasteiger partial charge on any atom is 0.251 e. The molecular weight excluding hydrogens is 402 g/mol. The quantitative estimate of drug-likeness (QED) is 0.699. The molecule has 2 amide bonds. The first kappa shape index (κ1) is 18.7. The van der Waals surface area contributed by atoms with E-state index in [2.05, 4.69) is 21.2 Å². The molecule has 1 aromatic heterocycles. The number of halogens is 1. The average molecular weight is 420 g/mol. The molecule has 0 spiro atoms. The Balaban J connectivity index is 1.92. The molecule has 0 aliphatic carbocycles. The highest BCUT2D eigenvalue weighted by Gasteiger charge is 2.28. The van der Waals surface area contributed by atoms with Crippen LogP contribution >= 0.6 is 15.9 Å². The van der Waals surface area contributed by atoms with Crippen molar-refractivity contribution in [3.8, 4) is 0 Å². The first-order valence-corrected chi connectivity index (χ1v) is 9.94. The fourth-order valence-corrected chi connectivity index (χ4v) is 3.92. The number of rotatable bonds is 4. The fraction of sp³-hybridized carbons (Fsp3) is 0.500. The fourth-order valence-electron chi connectivity index (χ4n) is 2.34. The number of sulfone groups is 1. The van der Waals surface area contributed by atoms with Crippen LogP contribution in [0.25, 0.3) is 0 Å². The number of hydrogen-bond acceptors (Lipinski definition) is 5. The van der Waals surface area contributed by atoms with Crippen LogP contribution in [0.4, 0.5) is 0 Å². The van der Waals surface area contributed by atoms with Crippen LogP contribution in [0.3, 0.4) is 0 Å². The zero-order valence-electron chi connectivity index (χ0n) is 13.1. The van der Waals surface area contributed by atoms with Crippen molar-refractivity contribution in [2.75, 3.05) is 24.6 Å². The summed E-state index contributed by atoms with van der Waals surface area (Å²) in [4.78, 5) is 37.4. The summed E-state index contributed by atoms with van der Waals surface area (Å²) in [5, 5.41) is 2.54. The maximum atomic E-state index is 12.3. The molecule has 2 heterocycles. The van der Waals surface area contributed by atoms with Crippen LogP contribution in [0, 0.1) is 0 Å². The molecule has 8 nitrogen and oxygen atoms in total. The van der Waals surface area contributed by atoms with E-state index in [1.807, 2.05) is 0 Å². The van der Waals surface area contributed by atoms with Gasteiger partial charge < -0.3 is 14.8 Å². The number of pyridine rings is 1. The van der Waals surface area contributed by atoms with Gasteiger partial charge in [-0.05, 0) is 28.9 Å². The van der Waals surface area contributed by atoms with Gasteiger partial charge in [-0.15, -0.1) is 0 Å². The van der Waals surface area contributed by atoms with E-state index < -0.39 is 21.8 Å². The SMILES string of the molecule is CC(NC(=O)Cn1cc(Br)ccc1=O)C(=O)N1CCS(=O)(=O)CC1. The molecule has 132 valence electrons. The molecule has 1 saturated heterocycles. The molecule has 1 fully saturated rings. The van der Waals surface area contributed by atoms with E-state index in [0.29, 0.717) is 4.47 Å². The number of amides is 2. The van der Waals surface area contributed by atoms with Crippen molar-refractivity contribution >= 4 is 37.6 Å². The van der Waals surface area contributed by atoms with Crippen molar-refractivity contribution in [2.24, 2.45) is 0 Å². The molecule has 1 atom stereocenters. The van der Waals surface area contributed by atoms with E-state index in [1.165, 1.54) is 28.7 Å². The van der Waals surface area contributed by atoms with Crippen molar-refractivity contribution < 1.29 is 18.0 Å². The molecule has 1 aliphatic rings. The van der Waals surface area contributed by atoms with Gasteiger partial charge in [0, 0.05) is 29.8 Å². The molecule has 1 aliphatic heterocycles. The predicted octanol–water partition coefficient (Wildman–Crippen LogP) is -0.627. The minimum atomic E-state index is -3.07. The Morgan fingerprint density at radius 3 is 2.54 bits per heavy atom. The number of carbonyl (C=O) groups is 2. The zero-order valence-corrected chi connectivity index (χ0v) is 15.5. The van der Waals surface area contributed by atoms with Crippen molar-refractivity contribution in [3.63, 3.8) is 0 Å². The average Bonchev–Trinajstić information content (AvgIpc) is 2.50. The third kappa shape index (κ3) is 4.91. The number of hydrogen-bond donors (Lipinski definition) is 1. The van der Waals surface area contributed by atoms with Crippen LogP contribution in [-0.4, -0.2) is 60.3 Å². The van der Waals surface area contributed by atoms with Crippen LogP contribution < -0.4 is 10.9 Å². The van der Waals surface area contributed by atoms with Crippen molar-refractivity contribution in [1.29, 1.82) is 0 Å². The van der Waals surface area contributed by atoms with Crippen LogP contribution in [-0.2, 0) is 26.0 Å². The Hall–Kier alpha value is -1.68. The monoisotopic (exact) mass is 419 g/mol. The molecule has 0 saturated carbocycles. The largest absolute Gasteiger partial charge is 0.343 e. The molecular formula is C14H18BrN3O5S. The highest BCUT2D eigenvalue weighted by Crippen LogP contribution is 2.06. The lowest BCUT2D eigenvalue weighted by molar-refractivity contribution is -0.135. The first-order valence-electron chi connectivity index (χ1n) is 7.32. The van der Waals surface area contributed by atoms with Crippen LogP contribution in [0.2, 0.25) is 0 Å². The molecule has 24 heavy (non-hydrogen) atoms. The van der Waals surface area contributed by atoms with E-state index in [1.54, 1.807) is 6.07 Å². The molecule has 0 aromatic carbocycles. The summed E-state index contributed by atoms with van der Waals surface area (Å²) < 4.78 is 24.7. The number of aromatic nitrogens is 1. The summed E-state index contributed by atoms with van der Waals surface area (Å²) in [7, 11) is -3.07. The first-order chi connectivity index (χ1) is 11.2. The third-order valence-electron chi connectivity index (χ3n) is 3.67. The molecule has 0 bridgehead atoms. The minimum absolute atomic E-state index is 0.0627. The van der Waals surface area contributed by atoms with Gasteiger partial charge in [0.25, 0.3) is 5.56 Å². The number of nitrogens with one attached hydrogen (secondary N) is 1. The van der Waals surface area contributed by atoms with Gasteiger partial charge in [0.1, 0.15) is 12.6 Å². The lowest BCUT2D eigenvalue weighted by atomic mass is 10.2. The Morgan fingerprint density at radius 1 is 1.29 bits per heavy atom. The topological polar surface area (TPSA) is 106 Å². The second kappa shape index (κ2) is 7.47. The summed E-state index contributed by atoms with van der Waals surface area (Å²) >= 11 is 3.22. The van der Waals surface area contributed by atoms with Crippen molar-refractivity contribution in [2.45, 2.75) is 19.5 Å². The number of nitrogens with zero attached hydrogens (tertiary/aromatic N) is 2. The summed E-state index contributed by atoms with van der Waals surface area (Å²) in [6, 6.07) is 2.12. The smallest absolute Gasteiger partial charge is 0.251 e. The van der Waals surface area contributed by atoms with Gasteiger partial charge in [-0.25, -0.2) is 8.42 Å². The molecule has 1 unspecified atom stereocenters. The predicted molar refractivity (Wildman–Crippen MR) is 91.2 cm³/mol. The lowest BCUT2D eigenvalue weighted by Gasteiger charge is -2.29. The molecule has 10 heteroatoms.